The number of hydrogen-bond donors (Lipinski definition) is 1. The van der Waals surface area contributed by atoms with Gasteiger partial charge in [0.2, 0.25) is 0 Å². The number of aliphatic hydroxyl groups excluding tert-OH is 1. The number of benzene rings is 1. The molecular formula is C12H10BrNO. The molecule has 2 rings (SSSR count). The van der Waals surface area contributed by atoms with Gasteiger partial charge in [-0.25, -0.2) is 0 Å². The number of hydrogen-bond acceptors (Lipinski definition) is 2. The summed E-state index contributed by atoms with van der Waals surface area (Å²) >= 11 is 3.42. The molecule has 0 unspecified atom stereocenters. The summed E-state index contributed by atoms with van der Waals surface area (Å²) < 4.78 is 1.01. The molecule has 0 spiro atoms. The van der Waals surface area contributed by atoms with E-state index in [1.165, 1.54) is 0 Å². The molecule has 1 heterocycles. The van der Waals surface area contributed by atoms with E-state index in [-0.39, 0.29) is 6.61 Å². The third-order valence-corrected chi connectivity index (χ3v) is 2.65. The summed E-state index contributed by atoms with van der Waals surface area (Å²) in [6.07, 6.45) is 1.73. The van der Waals surface area contributed by atoms with Crippen molar-refractivity contribution in [3.8, 4) is 11.3 Å². The minimum Gasteiger partial charge on any atom is -0.392 e. The van der Waals surface area contributed by atoms with Gasteiger partial charge in [-0.2, -0.15) is 0 Å². The second-order valence-corrected chi connectivity index (χ2v) is 4.10. The van der Waals surface area contributed by atoms with E-state index >= 15 is 0 Å². The maximum Gasteiger partial charge on any atom is 0.0757 e. The Kier molecular flexibility index (Phi) is 3.14. The normalized spacial score (nSPS) is 10.3. The lowest BCUT2D eigenvalue weighted by Crippen LogP contribution is -1.92. The molecule has 0 radical (unpaired) electrons. The van der Waals surface area contributed by atoms with Crippen molar-refractivity contribution in [1.29, 1.82) is 0 Å². The molecule has 0 aliphatic heterocycles. The molecule has 2 aromatic rings. The van der Waals surface area contributed by atoms with Crippen LogP contribution in [0.25, 0.3) is 11.3 Å². The first-order valence-corrected chi connectivity index (χ1v) is 5.41. The lowest BCUT2D eigenvalue weighted by molar-refractivity contribution is 0.282. The minimum atomic E-state index is 0.00961. The summed E-state index contributed by atoms with van der Waals surface area (Å²) in [5, 5.41) is 9.20. The Morgan fingerprint density at radius 2 is 2.07 bits per heavy atom. The maximum absolute atomic E-state index is 9.20. The van der Waals surface area contributed by atoms with Gasteiger partial charge in [0, 0.05) is 21.8 Å². The molecule has 0 fully saturated rings. The molecule has 0 atom stereocenters. The summed E-state index contributed by atoms with van der Waals surface area (Å²) in [7, 11) is 0. The van der Waals surface area contributed by atoms with Crippen LogP contribution >= 0.6 is 15.9 Å². The van der Waals surface area contributed by atoms with E-state index in [1.54, 1.807) is 6.20 Å². The average molecular weight is 264 g/mol. The number of aromatic nitrogens is 1. The highest BCUT2D eigenvalue weighted by atomic mass is 79.9. The van der Waals surface area contributed by atoms with Crippen LogP contribution in [0.4, 0.5) is 0 Å². The van der Waals surface area contributed by atoms with Crippen molar-refractivity contribution in [2.45, 2.75) is 6.61 Å². The maximum atomic E-state index is 9.20. The third kappa shape index (κ3) is 2.25. The summed E-state index contributed by atoms with van der Waals surface area (Å²) in [6.45, 7) is 0.00961. The van der Waals surface area contributed by atoms with Crippen LogP contribution in [0.15, 0.2) is 47.1 Å². The molecular weight excluding hydrogens is 254 g/mol. The molecule has 76 valence electrons. The first-order chi connectivity index (χ1) is 7.31. The van der Waals surface area contributed by atoms with E-state index in [1.807, 2.05) is 36.4 Å². The highest BCUT2D eigenvalue weighted by Crippen LogP contribution is 2.23. The minimum absolute atomic E-state index is 0.00961. The van der Waals surface area contributed by atoms with Crippen molar-refractivity contribution in [1.82, 2.24) is 4.98 Å². The Bertz CT molecular complexity index is 471. The van der Waals surface area contributed by atoms with Crippen LogP contribution in [0.1, 0.15) is 5.56 Å². The fourth-order valence-corrected chi connectivity index (χ4v) is 1.86. The highest BCUT2D eigenvalue weighted by molar-refractivity contribution is 9.10. The van der Waals surface area contributed by atoms with Crippen LogP contribution in [0, 0.1) is 0 Å². The second kappa shape index (κ2) is 4.55. The SMILES string of the molecule is OCc1cccnc1-c1cccc(Br)c1. The van der Waals surface area contributed by atoms with Gasteiger partial charge in [0.15, 0.2) is 0 Å². The van der Waals surface area contributed by atoms with Gasteiger partial charge in [-0.3, -0.25) is 4.98 Å². The Morgan fingerprint density at radius 3 is 2.80 bits per heavy atom. The molecule has 1 aromatic carbocycles. The van der Waals surface area contributed by atoms with Crippen LogP contribution < -0.4 is 0 Å². The van der Waals surface area contributed by atoms with Crippen molar-refractivity contribution in [2.24, 2.45) is 0 Å². The fourth-order valence-electron chi connectivity index (χ4n) is 1.46. The molecule has 1 N–H and O–H groups in total. The van der Waals surface area contributed by atoms with Crippen molar-refractivity contribution in [3.63, 3.8) is 0 Å². The molecule has 3 heteroatoms. The smallest absolute Gasteiger partial charge is 0.0757 e. The lowest BCUT2D eigenvalue weighted by atomic mass is 10.1. The molecule has 0 aliphatic carbocycles. The number of halogens is 1. The Labute approximate surface area is 96.7 Å². The second-order valence-electron chi connectivity index (χ2n) is 3.18. The molecule has 15 heavy (non-hydrogen) atoms. The lowest BCUT2D eigenvalue weighted by Gasteiger charge is -2.05. The van der Waals surface area contributed by atoms with E-state index in [4.69, 9.17) is 0 Å². The summed E-state index contributed by atoms with van der Waals surface area (Å²) in [5.41, 5.74) is 2.69. The Hall–Kier alpha value is -1.19. The summed E-state index contributed by atoms with van der Waals surface area (Å²) in [5.74, 6) is 0. The first-order valence-electron chi connectivity index (χ1n) is 4.62. The molecule has 0 aliphatic rings. The predicted octanol–water partition coefficient (Wildman–Crippen LogP) is 3.00. The first kappa shape index (κ1) is 10.3. The zero-order chi connectivity index (χ0) is 10.7. The summed E-state index contributed by atoms with van der Waals surface area (Å²) in [4.78, 5) is 4.28. The van der Waals surface area contributed by atoms with Gasteiger partial charge in [0.05, 0.1) is 12.3 Å². The predicted molar refractivity (Wildman–Crippen MR) is 63.3 cm³/mol. The Morgan fingerprint density at radius 1 is 1.20 bits per heavy atom. The van der Waals surface area contributed by atoms with Gasteiger partial charge in [-0.1, -0.05) is 34.1 Å². The van der Waals surface area contributed by atoms with Crippen molar-refractivity contribution >= 4 is 15.9 Å². The number of rotatable bonds is 2. The van der Waals surface area contributed by atoms with Gasteiger partial charge >= 0.3 is 0 Å². The van der Waals surface area contributed by atoms with Gasteiger partial charge in [-0.15, -0.1) is 0 Å². The molecule has 0 saturated carbocycles. The van der Waals surface area contributed by atoms with Crippen molar-refractivity contribution in [2.75, 3.05) is 0 Å². The zero-order valence-electron chi connectivity index (χ0n) is 8.02. The van der Waals surface area contributed by atoms with Gasteiger partial charge < -0.3 is 5.11 Å². The molecule has 2 nitrogen and oxygen atoms in total. The van der Waals surface area contributed by atoms with E-state index in [0.29, 0.717) is 0 Å². The quantitative estimate of drug-likeness (QED) is 0.904. The van der Waals surface area contributed by atoms with E-state index in [2.05, 4.69) is 20.9 Å². The molecule has 1 aromatic heterocycles. The zero-order valence-corrected chi connectivity index (χ0v) is 9.61. The van der Waals surface area contributed by atoms with E-state index in [0.717, 1.165) is 21.3 Å². The largest absolute Gasteiger partial charge is 0.392 e. The number of pyridine rings is 1. The van der Waals surface area contributed by atoms with Crippen LogP contribution in [-0.2, 0) is 6.61 Å². The monoisotopic (exact) mass is 263 g/mol. The van der Waals surface area contributed by atoms with Gasteiger partial charge in [0.1, 0.15) is 0 Å². The van der Waals surface area contributed by atoms with Crippen LogP contribution in [0.5, 0.6) is 0 Å². The van der Waals surface area contributed by atoms with Gasteiger partial charge in [0.25, 0.3) is 0 Å². The number of aliphatic hydroxyl groups is 1. The standard InChI is InChI=1S/C12H10BrNO/c13-11-5-1-3-9(7-11)12-10(8-15)4-2-6-14-12/h1-7,15H,8H2. The third-order valence-electron chi connectivity index (χ3n) is 2.16. The van der Waals surface area contributed by atoms with Crippen molar-refractivity contribution in [3.05, 3.63) is 52.6 Å². The molecule has 0 amide bonds. The van der Waals surface area contributed by atoms with Gasteiger partial charge in [-0.05, 0) is 18.2 Å². The van der Waals surface area contributed by atoms with E-state index < -0.39 is 0 Å². The molecule has 0 bridgehead atoms. The number of nitrogens with zero attached hydrogens (tertiary/aromatic N) is 1. The highest BCUT2D eigenvalue weighted by Gasteiger charge is 2.04. The van der Waals surface area contributed by atoms with Crippen LogP contribution in [-0.4, -0.2) is 10.1 Å². The summed E-state index contributed by atoms with van der Waals surface area (Å²) in [6, 6.07) is 11.6. The fraction of sp³-hybridized carbons (Fsp3) is 0.0833. The molecule has 0 saturated heterocycles. The van der Waals surface area contributed by atoms with Crippen LogP contribution in [0.2, 0.25) is 0 Å². The topological polar surface area (TPSA) is 33.1 Å². The Balaban J connectivity index is 2.53. The van der Waals surface area contributed by atoms with Crippen LogP contribution in [0.3, 0.4) is 0 Å². The van der Waals surface area contributed by atoms with Crippen molar-refractivity contribution < 1.29 is 5.11 Å². The van der Waals surface area contributed by atoms with E-state index in [9.17, 15) is 5.11 Å². The average Bonchev–Trinajstić information content (AvgIpc) is 2.29.